The van der Waals surface area contributed by atoms with Crippen LogP contribution in [0.5, 0.6) is 0 Å². The third kappa shape index (κ3) is 3.76. The van der Waals surface area contributed by atoms with Gasteiger partial charge in [0.05, 0.1) is 17.9 Å². The van der Waals surface area contributed by atoms with Crippen LogP contribution in [0.1, 0.15) is 28.7 Å². The molecule has 2 aromatic rings. The Hall–Kier alpha value is -2.47. The monoisotopic (exact) mass is 286 g/mol. The molecule has 0 saturated carbocycles. The topological polar surface area (TPSA) is 92.3 Å². The number of aromatic nitrogens is 2. The molecule has 0 bridgehead atoms. The molecule has 21 heavy (non-hydrogen) atoms. The van der Waals surface area contributed by atoms with E-state index in [1.165, 1.54) is 0 Å². The van der Waals surface area contributed by atoms with Crippen LogP contribution in [0, 0.1) is 13.8 Å². The summed E-state index contributed by atoms with van der Waals surface area (Å²) in [5, 5.41) is 9.40. The summed E-state index contributed by atoms with van der Waals surface area (Å²) in [4.78, 5) is 20.9. The van der Waals surface area contributed by atoms with E-state index in [4.69, 9.17) is 5.73 Å². The van der Waals surface area contributed by atoms with Crippen molar-refractivity contribution < 1.29 is 9.90 Å². The third-order valence-electron chi connectivity index (χ3n) is 3.13. The molecular formula is C15H18N4O2. The van der Waals surface area contributed by atoms with Gasteiger partial charge in [-0.05, 0) is 49.2 Å². The van der Waals surface area contributed by atoms with Crippen LogP contribution in [0.15, 0.2) is 36.7 Å². The Bertz CT molecular complexity index is 645. The zero-order valence-electron chi connectivity index (χ0n) is 12.0. The second-order valence-electron chi connectivity index (χ2n) is 4.94. The first-order chi connectivity index (χ1) is 9.97. The molecule has 0 aromatic carbocycles. The second-order valence-corrected chi connectivity index (χ2v) is 4.94. The fourth-order valence-electron chi connectivity index (χ4n) is 2.03. The van der Waals surface area contributed by atoms with E-state index in [1.807, 2.05) is 32.0 Å². The van der Waals surface area contributed by atoms with Crippen LogP contribution in [0.2, 0.25) is 0 Å². The number of amides is 1. The smallest absolute Gasteiger partial charge is 0.409 e. The van der Waals surface area contributed by atoms with E-state index >= 15 is 0 Å². The summed E-state index contributed by atoms with van der Waals surface area (Å²) in [6.07, 6.45) is 1.34. The Labute approximate surface area is 123 Å². The number of carbonyl (C=O) groups is 1. The molecule has 0 aliphatic rings. The van der Waals surface area contributed by atoms with Crippen molar-refractivity contribution in [2.75, 3.05) is 0 Å². The lowest BCUT2D eigenvalue weighted by Crippen LogP contribution is -2.38. The molecule has 110 valence electrons. The highest BCUT2D eigenvalue weighted by molar-refractivity contribution is 5.65. The summed E-state index contributed by atoms with van der Waals surface area (Å²) in [5.74, 6) is 0. The first kappa shape index (κ1) is 14.9. The van der Waals surface area contributed by atoms with Gasteiger partial charge in [0.25, 0.3) is 0 Å². The average molecular weight is 286 g/mol. The van der Waals surface area contributed by atoms with E-state index in [1.54, 1.807) is 18.5 Å². The van der Waals surface area contributed by atoms with Gasteiger partial charge in [-0.2, -0.15) is 0 Å². The van der Waals surface area contributed by atoms with Crippen LogP contribution in [-0.2, 0) is 6.54 Å². The Kier molecular flexibility index (Phi) is 4.49. The molecule has 1 unspecified atom stereocenters. The minimum absolute atomic E-state index is 0.119. The maximum absolute atomic E-state index is 11.5. The van der Waals surface area contributed by atoms with Crippen LogP contribution in [0.3, 0.4) is 0 Å². The summed E-state index contributed by atoms with van der Waals surface area (Å²) in [7, 11) is 0. The predicted molar refractivity (Wildman–Crippen MR) is 78.4 cm³/mol. The first-order valence-corrected chi connectivity index (χ1v) is 6.56. The number of hydrogen-bond donors (Lipinski definition) is 2. The molecular weight excluding hydrogens is 268 g/mol. The van der Waals surface area contributed by atoms with Gasteiger partial charge in [-0.15, -0.1) is 0 Å². The molecule has 0 saturated heterocycles. The third-order valence-corrected chi connectivity index (χ3v) is 3.13. The molecule has 3 N–H and O–H groups in total. The number of rotatable bonds is 4. The summed E-state index contributed by atoms with van der Waals surface area (Å²) in [5.41, 5.74) is 9.22. The lowest BCUT2D eigenvalue weighted by Gasteiger charge is -2.25. The highest BCUT2D eigenvalue weighted by Gasteiger charge is 2.23. The zero-order valence-corrected chi connectivity index (χ0v) is 12.0. The number of nitrogens with zero attached hydrogens (tertiary/aromatic N) is 3. The van der Waals surface area contributed by atoms with Crippen molar-refractivity contribution >= 4 is 6.09 Å². The zero-order chi connectivity index (χ0) is 15.4. The molecule has 2 heterocycles. The maximum Gasteiger partial charge on any atom is 0.409 e. The van der Waals surface area contributed by atoms with Crippen molar-refractivity contribution in [3.63, 3.8) is 0 Å². The van der Waals surface area contributed by atoms with Crippen LogP contribution in [0.25, 0.3) is 0 Å². The minimum Gasteiger partial charge on any atom is -0.465 e. The molecule has 2 aromatic heterocycles. The Morgan fingerprint density at radius 1 is 1.24 bits per heavy atom. The Morgan fingerprint density at radius 2 is 1.86 bits per heavy atom. The lowest BCUT2D eigenvalue weighted by molar-refractivity contribution is 0.119. The number of pyridine rings is 2. The maximum atomic E-state index is 11.5. The van der Waals surface area contributed by atoms with E-state index in [0.717, 1.165) is 16.0 Å². The highest BCUT2D eigenvalue weighted by atomic mass is 16.4. The molecule has 0 fully saturated rings. The van der Waals surface area contributed by atoms with Gasteiger partial charge in [0, 0.05) is 12.4 Å². The van der Waals surface area contributed by atoms with Crippen molar-refractivity contribution in [1.29, 1.82) is 0 Å². The van der Waals surface area contributed by atoms with Gasteiger partial charge in [-0.25, -0.2) is 4.79 Å². The van der Waals surface area contributed by atoms with Gasteiger partial charge in [-0.1, -0.05) is 0 Å². The van der Waals surface area contributed by atoms with Crippen molar-refractivity contribution in [3.05, 3.63) is 59.2 Å². The van der Waals surface area contributed by atoms with Crippen molar-refractivity contribution in [2.45, 2.75) is 26.6 Å². The molecule has 6 nitrogen and oxygen atoms in total. The van der Waals surface area contributed by atoms with E-state index < -0.39 is 12.3 Å². The first-order valence-electron chi connectivity index (χ1n) is 6.56. The molecule has 1 atom stereocenters. The van der Waals surface area contributed by atoms with E-state index in [2.05, 4.69) is 9.97 Å². The fraction of sp³-hybridized carbons (Fsp3) is 0.267. The van der Waals surface area contributed by atoms with Gasteiger partial charge >= 0.3 is 6.09 Å². The number of nitrogens with two attached hydrogens (primary N) is 1. The number of carboxylic acid groups (broad SMARTS) is 1. The Morgan fingerprint density at radius 3 is 2.43 bits per heavy atom. The summed E-state index contributed by atoms with van der Waals surface area (Å²) >= 11 is 0. The normalized spacial score (nSPS) is 12.0. The van der Waals surface area contributed by atoms with Crippen LogP contribution in [-0.4, -0.2) is 26.1 Å². The molecule has 1 amide bonds. The quantitative estimate of drug-likeness (QED) is 0.841. The van der Waals surface area contributed by atoms with Crippen LogP contribution in [0.4, 0.5) is 4.79 Å². The fourth-order valence-corrected chi connectivity index (χ4v) is 2.03. The molecule has 0 radical (unpaired) electrons. The van der Waals surface area contributed by atoms with E-state index in [0.29, 0.717) is 11.4 Å². The van der Waals surface area contributed by atoms with Crippen molar-refractivity contribution in [1.82, 2.24) is 14.9 Å². The predicted octanol–water partition coefficient (Wildman–Crippen LogP) is 2.23. The minimum atomic E-state index is -1.10. The van der Waals surface area contributed by atoms with Crippen LogP contribution >= 0.6 is 0 Å². The number of hydrogen-bond acceptors (Lipinski definition) is 4. The van der Waals surface area contributed by atoms with Gasteiger partial charge in [-0.3, -0.25) is 14.9 Å². The molecule has 0 aliphatic heterocycles. The summed E-state index contributed by atoms with van der Waals surface area (Å²) < 4.78 is 0. The summed E-state index contributed by atoms with van der Waals surface area (Å²) in [6.45, 7) is 3.96. The van der Waals surface area contributed by atoms with Gasteiger partial charge in [0.2, 0.25) is 0 Å². The molecule has 2 rings (SSSR count). The average Bonchev–Trinajstić information content (AvgIpc) is 2.44. The summed E-state index contributed by atoms with van der Waals surface area (Å²) in [6, 6.07) is 7.32. The SMILES string of the molecule is Cc1ccnc(CN(C(=O)O)C(N)c2cc(C)ccn2)c1. The number of aryl methyl sites for hydroxylation is 2. The standard InChI is InChI=1S/C15H18N4O2/c1-10-3-5-17-12(7-10)9-19(15(20)21)14(16)13-8-11(2)4-6-18-13/h3-8,14H,9,16H2,1-2H3,(H,20,21). The van der Waals surface area contributed by atoms with Gasteiger partial charge < -0.3 is 10.8 Å². The largest absolute Gasteiger partial charge is 0.465 e. The van der Waals surface area contributed by atoms with Crippen LogP contribution < -0.4 is 5.73 Å². The van der Waals surface area contributed by atoms with Gasteiger partial charge in [0.15, 0.2) is 0 Å². The lowest BCUT2D eigenvalue weighted by atomic mass is 10.2. The van der Waals surface area contributed by atoms with Crippen molar-refractivity contribution in [2.24, 2.45) is 5.73 Å². The van der Waals surface area contributed by atoms with Gasteiger partial charge in [0.1, 0.15) is 6.17 Å². The highest BCUT2D eigenvalue weighted by Crippen LogP contribution is 2.17. The Balaban J connectivity index is 2.24. The van der Waals surface area contributed by atoms with E-state index in [9.17, 15) is 9.90 Å². The second kappa shape index (κ2) is 6.32. The molecule has 6 heteroatoms. The van der Waals surface area contributed by atoms with E-state index in [-0.39, 0.29) is 6.54 Å². The molecule has 0 aliphatic carbocycles. The van der Waals surface area contributed by atoms with Crippen molar-refractivity contribution in [3.8, 4) is 0 Å². The molecule has 0 spiro atoms.